The first-order chi connectivity index (χ1) is 12.3. The minimum absolute atomic E-state index is 0.0540. The summed E-state index contributed by atoms with van der Waals surface area (Å²) >= 11 is 1.39. The molecule has 0 atom stereocenters. The van der Waals surface area contributed by atoms with E-state index < -0.39 is 5.97 Å². The van der Waals surface area contributed by atoms with Crippen LogP contribution in [0.1, 0.15) is 44.7 Å². The van der Waals surface area contributed by atoms with Gasteiger partial charge >= 0.3 is 5.97 Å². The van der Waals surface area contributed by atoms with E-state index in [2.05, 4.69) is 5.32 Å². The topological polar surface area (TPSA) is 89.5 Å². The average Bonchev–Trinajstić information content (AvgIpc) is 3.04. The van der Waals surface area contributed by atoms with E-state index in [9.17, 15) is 19.2 Å². The van der Waals surface area contributed by atoms with Crippen LogP contribution in [0.4, 0.5) is 5.69 Å². The Balaban J connectivity index is 1.76. The van der Waals surface area contributed by atoms with Crippen LogP contribution in [0.3, 0.4) is 0 Å². The summed E-state index contributed by atoms with van der Waals surface area (Å²) in [6.07, 6.45) is -0.0110. The summed E-state index contributed by atoms with van der Waals surface area (Å²) in [7, 11) is 0. The van der Waals surface area contributed by atoms with Gasteiger partial charge in [0.05, 0.1) is 11.3 Å². The summed E-state index contributed by atoms with van der Waals surface area (Å²) in [6, 6.07) is 9.87. The summed E-state index contributed by atoms with van der Waals surface area (Å²) in [5, 5.41) is 2.60. The van der Waals surface area contributed by atoms with Crippen molar-refractivity contribution in [2.45, 2.75) is 26.7 Å². The summed E-state index contributed by atoms with van der Waals surface area (Å²) in [5.41, 5.74) is 0.949. The van der Waals surface area contributed by atoms with Gasteiger partial charge in [0.15, 0.2) is 18.2 Å². The number of benzene rings is 1. The van der Waals surface area contributed by atoms with E-state index in [0.29, 0.717) is 16.1 Å². The molecule has 0 fully saturated rings. The van der Waals surface area contributed by atoms with E-state index in [1.54, 1.807) is 30.3 Å². The van der Waals surface area contributed by atoms with Crippen molar-refractivity contribution in [1.82, 2.24) is 0 Å². The van der Waals surface area contributed by atoms with Crippen molar-refractivity contribution < 1.29 is 23.9 Å². The molecule has 0 aliphatic rings. The number of nitrogens with one attached hydrogen (secondary N) is 1. The second-order valence-corrected chi connectivity index (χ2v) is 6.96. The van der Waals surface area contributed by atoms with Crippen molar-refractivity contribution in [2.75, 3.05) is 11.9 Å². The lowest BCUT2D eigenvalue weighted by atomic mass is 10.1. The fourth-order valence-corrected chi connectivity index (χ4v) is 3.00. The second-order valence-electron chi connectivity index (χ2n) is 5.68. The molecule has 0 saturated heterocycles. The van der Waals surface area contributed by atoms with Crippen LogP contribution in [0, 0.1) is 6.92 Å². The third kappa shape index (κ3) is 5.93. The molecule has 26 heavy (non-hydrogen) atoms. The molecule has 1 N–H and O–H groups in total. The number of ketones is 2. The second kappa shape index (κ2) is 9.05. The van der Waals surface area contributed by atoms with Gasteiger partial charge in [-0.05, 0) is 43.3 Å². The van der Waals surface area contributed by atoms with Gasteiger partial charge in [0.1, 0.15) is 0 Å². The zero-order chi connectivity index (χ0) is 19.1. The molecule has 0 bridgehead atoms. The molecule has 1 heterocycles. The number of esters is 1. The van der Waals surface area contributed by atoms with Crippen LogP contribution in [0.2, 0.25) is 0 Å². The molecule has 0 spiro atoms. The van der Waals surface area contributed by atoms with Crippen LogP contribution >= 0.6 is 11.3 Å². The van der Waals surface area contributed by atoms with Crippen LogP contribution in [-0.2, 0) is 14.3 Å². The zero-order valence-electron chi connectivity index (χ0n) is 14.5. The lowest BCUT2D eigenvalue weighted by molar-refractivity contribution is -0.142. The quantitative estimate of drug-likeness (QED) is 0.566. The van der Waals surface area contributed by atoms with Crippen molar-refractivity contribution in [1.29, 1.82) is 0 Å². The maximum absolute atomic E-state index is 12.0. The molecular weight excluding hydrogens is 354 g/mol. The van der Waals surface area contributed by atoms with Crippen molar-refractivity contribution in [3.05, 3.63) is 51.7 Å². The van der Waals surface area contributed by atoms with Gasteiger partial charge in [-0.25, -0.2) is 0 Å². The third-order valence-electron chi connectivity index (χ3n) is 3.46. The Hall–Kier alpha value is -2.80. The number of carbonyl (C=O) groups is 4. The van der Waals surface area contributed by atoms with Gasteiger partial charge in [0.25, 0.3) is 0 Å². The van der Waals surface area contributed by atoms with Crippen LogP contribution in [0.25, 0.3) is 0 Å². The Labute approximate surface area is 155 Å². The van der Waals surface area contributed by atoms with Gasteiger partial charge < -0.3 is 10.1 Å². The van der Waals surface area contributed by atoms with E-state index in [-0.39, 0.29) is 36.9 Å². The van der Waals surface area contributed by atoms with Gasteiger partial charge in [0.2, 0.25) is 5.91 Å². The molecule has 0 aliphatic carbocycles. The molecular formula is C19H19NO5S. The predicted molar refractivity (Wildman–Crippen MR) is 98.7 cm³/mol. The molecule has 2 aromatic rings. The minimum atomic E-state index is -0.588. The van der Waals surface area contributed by atoms with Crippen molar-refractivity contribution in [2.24, 2.45) is 0 Å². The third-order valence-corrected chi connectivity index (χ3v) is 4.50. The van der Waals surface area contributed by atoms with Crippen LogP contribution < -0.4 is 5.32 Å². The first kappa shape index (κ1) is 19.5. The van der Waals surface area contributed by atoms with Crippen molar-refractivity contribution >= 4 is 40.5 Å². The highest BCUT2D eigenvalue weighted by atomic mass is 32.1. The summed E-state index contributed by atoms with van der Waals surface area (Å²) in [4.78, 5) is 48.3. The summed E-state index contributed by atoms with van der Waals surface area (Å²) in [6.45, 7) is 2.91. The normalized spacial score (nSPS) is 10.2. The standard InChI is InChI=1S/C19H19NO5S/c1-12-3-9-18(26-12)16(22)8-10-19(24)25-11-17(23)14-4-6-15(7-5-14)20-13(2)21/h3-7,9H,8,10-11H2,1-2H3,(H,20,21). The maximum atomic E-state index is 12.0. The van der Waals surface area contributed by atoms with Crippen LogP contribution in [0.15, 0.2) is 36.4 Å². The molecule has 2 rings (SSSR count). The van der Waals surface area contributed by atoms with E-state index in [0.717, 1.165) is 4.88 Å². The Morgan fingerprint density at radius 2 is 1.65 bits per heavy atom. The summed E-state index contributed by atoms with van der Waals surface area (Å²) < 4.78 is 4.94. The fourth-order valence-electron chi connectivity index (χ4n) is 2.17. The Kier molecular flexibility index (Phi) is 6.80. The predicted octanol–water partition coefficient (Wildman–Crippen LogP) is 3.40. The lowest BCUT2D eigenvalue weighted by Gasteiger charge is -2.06. The van der Waals surface area contributed by atoms with Crippen LogP contribution in [-0.4, -0.2) is 30.0 Å². The number of carbonyl (C=O) groups excluding carboxylic acids is 4. The number of amides is 1. The lowest BCUT2D eigenvalue weighted by Crippen LogP contribution is -2.15. The van der Waals surface area contributed by atoms with Gasteiger partial charge in [-0.2, -0.15) is 0 Å². The van der Waals surface area contributed by atoms with Crippen LogP contribution in [0.5, 0.6) is 0 Å². The van der Waals surface area contributed by atoms with Gasteiger partial charge in [-0.3, -0.25) is 19.2 Å². The number of hydrogen-bond acceptors (Lipinski definition) is 6. The number of ether oxygens (including phenoxy) is 1. The Bertz CT molecular complexity index is 823. The number of hydrogen-bond donors (Lipinski definition) is 1. The fraction of sp³-hybridized carbons (Fsp3) is 0.263. The Morgan fingerprint density at radius 3 is 2.23 bits per heavy atom. The van der Waals surface area contributed by atoms with Gasteiger partial charge in [-0.15, -0.1) is 11.3 Å². The largest absolute Gasteiger partial charge is 0.457 e. The molecule has 0 unspecified atom stereocenters. The number of thiophene rings is 1. The molecule has 0 radical (unpaired) electrons. The smallest absolute Gasteiger partial charge is 0.306 e. The zero-order valence-corrected chi connectivity index (χ0v) is 15.4. The molecule has 1 aromatic heterocycles. The minimum Gasteiger partial charge on any atom is -0.457 e. The summed E-state index contributed by atoms with van der Waals surface area (Å²) in [5.74, 6) is -1.26. The average molecular weight is 373 g/mol. The van der Waals surface area contributed by atoms with Gasteiger partial charge in [-0.1, -0.05) is 0 Å². The first-order valence-electron chi connectivity index (χ1n) is 8.01. The highest BCUT2D eigenvalue weighted by Gasteiger charge is 2.14. The number of anilines is 1. The van der Waals surface area contributed by atoms with E-state index in [1.165, 1.54) is 18.3 Å². The first-order valence-corrected chi connectivity index (χ1v) is 8.83. The monoisotopic (exact) mass is 373 g/mol. The van der Waals surface area contributed by atoms with E-state index >= 15 is 0 Å². The number of rotatable bonds is 8. The van der Waals surface area contributed by atoms with Gasteiger partial charge in [0, 0.05) is 29.5 Å². The molecule has 1 amide bonds. The molecule has 0 aliphatic heterocycles. The van der Waals surface area contributed by atoms with Crippen molar-refractivity contribution in [3.8, 4) is 0 Å². The Morgan fingerprint density at radius 1 is 0.962 bits per heavy atom. The highest BCUT2D eigenvalue weighted by Crippen LogP contribution is 2.17. The van der Waals surface area contributed by atoms with E-state index in [1.807, 2.05) is 13.0 Å². The molecule has 0 saturated carbocycles. The maximum Gasteiger partial charge on any atom is 0.306 e. The number of aryl methyl sites for hydroxylation is 1. The molecule has 6 nitrogen and oxygen atoms in total. The molecule has 7 heteroatoms. The SMILES string of the molecule is CC(=O)Nc1ccc(C(=O)COC(=O)CCC(=O)c2ccc(C)s2)cc1. The number of Topliss-reactive ketones (excluding diaryl/α,β-unsaturated/α-hetero) is 2. The highest BCUT2D eigenvalue weighted by molar-refractivity contribution is 7.14. The molecule has 136 valence electrons. The van der Waals surface area contributed by atoms with E-state index in [4.69, 9.17) is 4.74 Å². The van der Waals surface area contributed by atoms with Crippen molar-refractivity contribution in [3.63, 3.8) is 0 Å². The molecule has 1 aromatic carbocycles.